The maximum absolute atomic E-state index is 12.2. The molecule has 0 aromatic heterocycles. The fraction of sp³-hybridized carbons (Fsp3) is 0.214. The van der Waals surface area contributed by atoms with E-state index in [1.807, 2.05) is 18.2 Å². The van der Waals surface area contributed by atoms with E-state index in [1.54, 1.807) is 6.08 Å². The summed E-state index contributed by atoms with van der Waals surface area (Å²) in [6.07, 6.45) is 3.93. The topological polar surface area (TPSA) is 80.2 Å². The monoisotopic (exact) mass is 492 g/mol. The van der Waals surface area contributed by atoms with Gasteiger partial charge in [-0.05, 0) is 71.0 Å². The van der Waals surface area contributed by atoms with Crippen LogP contribution in [0.15, 0.2) is 78.4 Å². The number of amides is 1. The zero-order valence-electron chi connectivity index (χ0n) is 19.8. The van der Waals surface area contributed by atoms with Gasteiger partial charge in [-0.15, -0.1) is 6.58 Å². The third-order valence-corrected chi connectivity index (χ3v) is 5.55. The molecule has 0 spiro atoms. The molecular weight excluding hydrogens is 464 g/mol. The summed E-state index contributed by atoms with van der Waals surface area (Å²) in [5.74, 6) is 0.666. The van der Waals surface area contributed by atoms with Crippen LogP contribution >= 0.6 is 11.6 Å². The van der Waals surface area contributed by atoms with Gasteiger partial charge >= 0.3 is 0 Å². The average Bonchev–Trinajstić information content (AvgIpc) is 2.85. The van der Waals surface area contributed by atoms with Crippen LogP contribution in [-0.4, -0.2) is 24.0 Å². The fourth-order valence-electron chi connectivity index (χ4n) is 3.28. The summed E-state index contributed by atoms with van der Waals surface area (Å²) >= 11 is 5.84. The highest BCUT2D eigenvalue weighted by Gasteiger charge is 2.08. The molecule has 0 saturated heterocycles. The number of allylic oxidation sites excluding steroid dienone is 1. The van der Waals surface area contributed by atoms with Crippen LogP contribution < -0.4 is 10.2 Å². The number of hydrogen-bond acceptors (Lipinski definition) is 5. The Hall–Kier alpha value is -3.61. The molecule has 1 amide bonds. The van der Waals surface area contributed by atoms with Crippen molar-refractivity contribution >= 4 is 23.7 Å². The summed E-state index contributed by atoms with van der Waals surface area (Å²) in [5.41, 5.74) is 6.83. The van der Waals surface area contributed by atoms with Crippen molar-refractivity contribution in [2.24, 2.45) is 5.10 Å². The summed E-state index contributed by atoms with van der Waals surface area (Å²) in [5, 5.41) is 13.6. The lowest BCUT2D eigenvalue weighted by molar-refractivity contribution is 0.00459. The number of rotatable bonds is 11. The number of carbonyl (C=O) groups excluding carboxylic acids is 1. The molecule has 0 atom stereocenters. The Labute approximate surface area is 210 Å². The summed E-state index contributed by atoms with van der Waals surface area (Å²) in [4.78, 5) is 12.2. The number of benzene rings is 3. The highest BCUT2D eigenvalue weighted by molar-refractivity contribution is 6.32. The lowest BCUT2D eigenvalue weighted by atomic mass is 10.0. The van der Waals surface area contributed by atoms with Crippen LogP contribution in [0.5, 0.6) is 11.5 Å². The minimum absolute atomic E-state index is 0.0885. The second kappa shape index (κ2) is 12.7. The zero-order valence-corrected chi connectivity index (χ0v) is 20.6. The third-order valence-electron chi connectivity index (χ3n) is 5.25. The van der Waals surface area contributed by atoms with Gasteiger partial charge < -0.3 is 14.6 Å². The minimum atomic E-state index is -0.439. The standard InChI is InChI=1S/C28H29ClN2O4/c1-4-5-23-14-21(16-30-31-28(33)24-11-12-26(32)25(29)15-24)8-13-27(23)35-18-34-17-20-6-9-22(10-7-20)19(2)3/h4,6-16,19,32H,1,5,17-18H2,2-3H3,(H,31,33). The maximum atomic E-state index is 12.2. The molecule has 3 aromatic carbocycles. The molecule has 6 nitrogen and oxygen atoms in total. The number of hydrazone groups is 1. The van der Waals surface area contributed by atoms with E-state index in [9.17, 15) is 9.90 Å². The first kappa shape index (κ1) is 26.0. The summed E-state index contributed by atoms with van der Waals surface area (Å²) < 4.78 is 11.5. The predicted molar refractivity (Wildman–Crippen MR) is 139 cm³/mol. The Balaban J connectivity index is 1.54. The van der Waals surface area contributed by atoms with E-state index < -0.39 is 5.91 Å². The summed E-state index contributed by atoms with van der Waals surface area (Å²) in [7, 11) is 0. The molecule has 3 aromatic rings. The first-order valence-electron chi connectivity index (χ1n) is 11.2. The number of phenols is 1. The number of carbonyl (C=O) groups is 1. The molecule has 0 aliphatic heterocycles. The van der Waals surface area contributed by atoms with Gasteiger partial charge in [0.2, 0.25) is 0 Å². The van der Waals surface area contributed by atoms with Crippen molar-refractivity contribution in [2.75, 3.05) is 6.79 Å². The number of aromatic hydroxyl groups is 1. The first-order valence-corrected chi connectivity index (χ1v) is 11.6. The average molecular weight is 493 g/mol. The molecule has 0 aliphatic rings. The normalized spacial score (nSPS) is 11.1. The number of hydrogen-bond donors (Lipinski definition) is 2. The summed E-state index contributed by atoms with van der Waals surface area (Å²) in [6, 6.07) is 18.2. The Bertz CT molecular complexity index is 1190. The van der Waals surface area contributed by atoms with E-state index in [0.717, 1.165) is 16.7 Å². The molecule has 0 bridgehead atoms. The highest BCUT2D eigenvalue weighted by atomic mass is 35.5. The lowest BCUT2D eigenvalue weighted by Gasteiger charge is -2.12. The van der Waals surface area contributed by atoms with Gasteiger partial charge in [0.05, 0.1) is 17.8 Å². The van der Waals surface area contributed by atoms with E-state index in [1.165, 1.54) is 30.0 Å². The Kier molecular flexibility index (Phi) is 9.47. The van der Waals surface area contributed by atoms with Crippen LogP contribution in [0.1, 0.15) is 52.4 Å². The van der Waals surface area contributed by atoms with Gasteiger partial charge in [-0.3, -0.25) is 4.79 Å². The van der Waals surface area contributed by atoms with E-state index in [-0.39, 0.29) is 23.1 Å². The minimum Gasteiger partial charge on any atom is -0.506 e. The molecule has 35 heavy (non-hydrogen) atoms. The van der Waals surface area contributed by atoms with Crippen molar-refractivity contribution in [3.63, 3.8) is 0 Å². The van der Waals surface area contributed by atoms with Crippen LogP contribution in [-0.2, 0) is 17.8 Å². The van der Waals surface area contributed by atoms with Gasteiger partial charge in [0.25, 0.3) is 5.91 Å². The van der Waals surface area contributed by atoms with E-state index in [0.29, 0.717) is 24.7 Å². The smallest absolute Gasteiger partial charge is 0.271 e. The number of ether oxygens (including phenoxy) is 2. The van der Waals surface area contributed by atoms with Gasteiger partial charge in [0.1, 0.15) is 11.5 Å². The molecule has 0 fully saturated rings. The predicted octanol–water partition coefficient (Wildman–Crippen LogP) is 6.21. The van der Waals surface area contributed by atoms with Gasteiger partial charge in [-0.1, -0.05) is 55.8 Å². The molecule has 0 radical (unpaired) electrons. The zero-order chi connectivity index (χ0) is 25.2. The van der Waals surface area contributed by atoms with E-state index >= 15 is 0 Å². The van der Waals surface area contributed by atoms with Gasteiger partial charge in [-0.2, -0.15) is 5.10 Å². The van der Waals surface area contributed by atoms with E-state index in [4.69, 9.17) is 21.1 Å². The van der Waals surface area contributed by atoms with Crippen LogP contribution in [0.3, 0.4) is 0 Å². The van der Waals surface area contributed by atoms with Crippen molar-refractivity contribution in [1.29, 1.82) is 0 Å². The molecule has 2 N–H and O–H groups in total. The number of nitrogens with one attached hydrogen (secondary N) is 1. The van der Waals surface area contributed by atoms with Crippen LogP contribution in [0.2, 0.25) is 5.02 Å². The molecule has 0 aliphatic carbocycles. The first-order chi connectivity index (χ1) is 16.9. The number of nitrogens with zero attached hydrogens (tertiary/aromatic N) is 1. The van der Waals surface area contributed by atoms with Crippen LogP contribution in [0, 0.1) is 0 Å². The Morgan fingerprint density at radius 1 is 1.14 bits per heavy atom. The molecule has 7 heteroatoms. The van der Waals surface area contributed by atoms with Crippen molar-refractivity contribution < 1.29 is 19.4 Å². The SMILES string of the molecule is C=CCc1cc(C=NNC(=O)c2ccc(O)c(Cl)c2)ccc1OCOCc1ccc(C(C)C)cc1. The molecule has 0 heterocycles. The largest absolute Gasteiger partial charge is 0.506 e. The Morgan fingerprint density at radius 2 is 1.91 bits per heavy atom. The fourth-order valence-corrected chi connectivity index (χ4v) is 3.46. The van der Waals surface area contributed by atoms with Crippen LogP contribution in [0.25, 0.3) is 0 Å². The van der Waals surface area contributed by atoms with Crippen molar-refractivity contribution in [2.45, 2.75) is 32.8 Å². The van der Waals surface area contributed by atoms with E-state index in [2.05, 4.69) is 55.2 Å². The van der Waals surface area contributed by atoms with Crippen molar-refractivity contribution in [3.8, 4) is 11.5 Å². The molecule has 0 unspecified atom stereocenters. The third kappa shape index (κ3) is 7.70. The van der Waals surface area contributed by atoms with Crippen molar-refractivity contribution in [1.82, 2.24) is 5.43 Å². The lowest BCUT2D eigenvalue weighted by Crippen LogP contribution is -2.17. The second-order valence-electron chi connectivity index (χ2n) is 8.23. The van der Waals surface area contributed by atoms with Crippen LogP contribution in [0.4, 0.5) is 0 Å². The quantitative estimate of drug-likeness (QED) is 0.109. The molecular formula is C28H29ClN2O4. The highest BCUT2D eigenvalue weighted by Crippen LogP contribution is 2.24. The van der Waals surface area contributed by atoms with Gasteiger partial charge in [0.15, 0.2) is 6.79 Å². The molecule has 3 rings (SSSR count). The van der Waals surface area contributed by atoms with Crippen molar-refractivity contribution in [3.05, 3.63) is 106 Å². The molecule has 182 valence electrons. The van der Waals surface area contributed by atoms with Gasteiger partial charge in [-0.25, -0.2) is 5.43 Å². The van der Waals surface area contributed by atoms with Gasteiger partial charge in [0, 0.05) is 5.56 Å². The number of halogens is 1. The Morgan fingerprint density at radius 3 is 2.60 bits per heavy atom. The second-order valence-corrected chi connectivity index (χ2v) is 8.64. The molecule has 0 saturated carbocycles. The number of phenolic OH excluding ortho intramolecular Hbond substituents is 1. The summed E-state index contributed by atoms with van der Waals surface area (Å²) in [6.45, 7) is 8.73. The maximum Gasteiger partial charge on any atom is 0.271 e.